The Hall–Kier alpha value is -1.03. The largest absolute Gasteiger partial charge is 0.310 e. The van der Waals surface area contributed by atoms with Crippen molar-refractivity contribution in [2.45, 2.75) is 37.2 Å². The number of nitrogens with one attached hydrogen (secondary N) is 1. The topological polar surface area (TPSA) is 24.9 Å². The molecular formula is C16H19ClN2S. The highest BCUT2D eigenvalue weighted by molar-refractivity contribution is 7.98. The van der Waals surface area contributed by atoms with Crippen LogP contribution < -0.4 is 5.32 Å². The van der Waals surface area contributed by atoms with E-state index in [0.29, 0.717) is 6.04 Å². The average molecular weight is 307 g/mol. The van der Waals surface area contributed by atoms with Gasteiger partial charge in [-0.25, -0.2) is 4.98 Å². The van der Waals surface area contributed by atoms with Crippen molar-refractivity contribution in [3.8, 4) is 0 Å². The van der Waals surface area contributed by atoms with Gasteiger partial charge in [-0.1, -0.05) is 43.6 Å². The van der Waals surface area contributed by atoms with E-state index in [0.717, 1.165) is 22.3 Å². The van der Waals surface area contributed by atoms with Crippen molar-refractivity contribution in [2.24, 2.45) is 0 Å². The molecule has 1 heterocycles. The van der Waals surface area contributed by atoms with E-state index in [9.17, 15) is 0 Å². The Morgan fingerprint density at radius 3 is 2.40 bits per heavy atom. The molecule has 0 fully saturated rings. The molecule has 2 aromatic rings. The highest BCUT2D eigenvalue weighted by atomic mass is 35.5. The Kier molecular flexibility index (Phi) is 5.89. The number of hydrogen-bond donors (Lipinski definition) is 1. The van der Waals surface area contributed by atoms with Gasteiger partial charge >= 0.3 is 0 Å². The minimum Gasteiger partial charge on any atom is -0.310 e. The summed E-state index contributed by atoms with van der Waals surface area (Å²) in [6.07, 6.45) is 1.94. The summed E-state index contributed by atoms with van der Waals surface area (Å²) in [5, 5.41) is 5.21. The highest BCUT2D eigenvalue weighted by Crippen LogP contribution is 2.21. The van der Waals surface area contributed by atoms with Crippen molar-refractivity contribution in [2.75, 3.05) is 0 Å². The third-order valence-corrected chi connectivity index (χ3v) is 4.08. The van der Waals surface area contributed by atoms with Gasteiger partial charge in [0, 0.05) is 29.6 Å². The van der Waals surface area contributed by atoms with Crippen molar-refractivity contribution in [1.29, 1.82) is 0 Å². The number of thioether (sulfide) groups is 1. The minimum atomic E-state index is 0.494. The molecule has 4 heteroatoms. The van der Waals surface area contributed by atoms with Gasteiger partial charge in [0.25, 0.3) is 0 Å². The predicted molar refractivity (Wildman–Crippen MR) is 87.2 cm³/mol. The maximum absolute atomic E-state index is 5.87. The summed E-state index contributed by atoms with van der Waals surface area (Å²) in [5.74, 6) is 0.910. The van der Waals surface area contributed by atoms with Gasteiger partial charge in [-0.05, 0) is 29.3 Å². The zero-order valence-electron chi connectivity index (χ0n) is 11.8. The van der Waals surface area contributed by atoms with Gasteiger partial charge in [-0.3, -0.25) is 0 Å². The molecule has 0 atom stereocenters. The molecule has 0 spiro atoms. The molecule has 0 aliphatic carbocycles. The number of benzene rings is 1. The molecule has 0 aliphatic rings. The molecule has 2 nitrogen and oxygen atoms in total. The smallest absolute Gasteiger partial charge is 0.0963 e. The van der Waals surface area contributed by atoms with E-state index < -0.39 is 0 Å². The van der Waals surface area contributed by atoms with Gasteiger partial charge in [0.05, 0.1) is 5.03 Å². The molecule has 0 aliphatic heterocycles. The summed E-state index contributed by atoms with van der Waals surface area (Å²) in [7, 11) is 0. The van der Waals surface area contributed by atoms with Crippen molar-refractivity contribution >= 4 is 23.4 Å². The first-order valence-corrected chi connectivity index (χ1v) is 8.05. The molecule has 20 heavy (non-hydrogen) atoms. The van der Waals surface area contributed by atoms with Gasteiger partial charge < -0.3 is 5.32 Å². The maximum Gasteiger partial charge on any atom is 0.0963 e. The van der Waals surface area contributed by atoms with Crippen LogP contribution in [0.25, 0.3) is 0 Å². The maximum atomic E-state index is 5.87. The molecule has 0 radical (unpaired) electrons. The van der Waals surface area contributed by atoms with Crippen molar-refractivity contribution in [1.82, 2.24) is 10.3 Å². The molecule has 2 rings (SSSR count). The Bertz CT molecular complexity index is 523. The van der Waals surface area contributed by atoms with Gasteiger partial charge in [-0.2, -0.15) is 0 Å². The second-order valence-electron chi connectivity index (χ2n) is 4.96. The first kappa shape index (κ1) is 15.4. The highest BCUT2D eigenvalue weighted by Gasteiger charge is 2.00. The van der Waals surface area contributed by atoms with Crippen LogP contribution in [0.1, 0.15) is 25.0 Å². The molecule has 1 aromatic carbocycles. The van der Waals surface area contributed by atoms with E-state index in [2.05, 4.69) is 48.4 Å². The minimum absolute atomic E-state index is 0.494. The van der Waals surface area contributed by atoms with Crippen LogP contribution in [0.4, 0.5) is 0 Å². The van der Waals surface area contributed by atoms with E-state index in [-0.39, 0.29) is 0 Å². The number of pyridine rings is 1. The summed E-state index contributed by atoms with van der Waals surface area (Å²) in [5.41, 5.74) is 2.47. The lowest BCUT2D eigenvalue weighted by Gasteiger charge is -2.08. The van der Waals surface area contributed by atoms with E-state index in [1.807, 2.05) is 18.3 Å². The zero-order valence-corrected chi connectivity index (χ0v) is 13.3. The summed E-state index contributed by atoms with van der Waals surface area (Å²) in [6, 6.07) is 12.7. The zero-order chi connectivity index (χ0) is 14.4. The van der Waals surface area contributed by atoms with Gasteiger partial charge in [0.1, 0.15) is 0 Å². The third-order valence-electron chi connectivity index (χ3n) is 2.81. The fourth-order valence-corrected chi connectivity index (χ4v) is 2.59. The lowest BCUT2D eigenvalue weighted by molar-refractivity contribution is 0.587. The van der Waals surface area contributed by atoms with E-state index >= 15 is 0 Å². The van der Waals surface area contributed by atoms with Crippen molar-refractivity contribution in [3.63, 3.8) is 0 Å². The van der Waals surface area contributed by atoms with Crippen LogP contribution in [0.2, 0.25) is 5.02 Å². The van der Waals surface area contributed by atoms with Gasteiger partial charge in [-0.15, -0.1) is 11.8 Å². The van der Waals surface area contributed by atoms with E-state index in [4.69, 9.17) is 11.6 Å². The standard InChI is InChI=1S/C16H19ClN2S/c1-12(2)18-9-14-5-8-16(19-10-14)20-11-13-3-6-15(17)7-4-13/h3-8,10,12,18H,9,11H2,1-2H3. The molecule has 0 unspecified atom stereocenters. The SMILES string of the molecule is CC(C)NCc1ccc(SCc2ccc(Cl)cc2)nc1. The quantitative estimate of drug-likeness (QED) is 0.794. The molecule has 0 saturated carbocycles. The molecule has 1 aromatic heterocycles. The van der Waals surface area contributed by atoms with Crippen LogP contribution >= 0.6 is 23.4 Å². The number of aromatic nitrogens is 1. The molecule has 1 N–H and O–H groups in total. The first-order chi connectivity index (χ1) is 9.63. The van der Waals surface area contributed by atoms with Gasteiger partial charge in [0.15, 0.2) is 0 Å². The Morgan fingerprint density at radius 2 is 1.80 bits per heavy atom. The van der Waals surface area contributed by atoms with E-state index in [1.165, 1.54) is 11.1 Å². The van der Waals surface area contributed by atoms with Crippen LogP contribution in [0.5, 0.6) is 0 Å². The Balaban J connectivity index is 1.85. The summed E-state index contributed by atoms with van der Waals surface area (Å²) in [6.45, 7) is 5.15. The Morgan fingerprint density at radius 1 is 1.10 bits per heavy atom. The lowest BCUT2D eigenvalue weighted by atomic mass is 10.2. The van der Waals surface area contributed by atoms with Crippen LogP contribution in [0.3, 0.4) is 0 Å². The average Bonchev–Trinajstić information content (AvgIpc) is 2.45. The summed E-state index contributed by atoms with van der Waals surface area (Å²) >= 11 is 7.61. The monoisotopic (exact) mass is 306 g/mol. The fraction of sp³-hybridized carbons (Fsp3) is 0.312. The molecule has 0 amide bonds. The number of hydrogen-bond acceptors (Lipinski definition) is 3. The second-order valence-corrected chi connectivity index (χ2v) is 6.39. The van der Waals surface area contributed by atoms with Crippen LogP contribution in [-0.4, -0.2) is 11.0 Å². The molecular weight excluding hydrogens is 288 g/mol. The first-order valence-electron chi connectivity index (χ1n) is 6.69. The lowest BCUT2D eigenvalue weighted by Crippen LogP contribution is -2.21. The van der Waals surface area contributed by atoms with E-state index in [1.54, 1.807) is 11.8 Å². The van der Waals surface area contributed by atoms with Crippen molar-refractivity contribution < 1.29 is 0 Å². The number of halogens is 1. The second kappa shape index (κ2) is 7.67. The van der Waals surface area contributed by atoms with Crippen molar-refractivity contribution in [3.05, 3.63) is 58.7 Å². The summed E-state index contributed by atoms with van der Waals surface area (Å²) < 4.78 is 0. The predicted octanol–water partition coefficient (Wildman–Crippen LogP) is 4.53. The normalized spacial score (nSPS) is 11.0. The number of rotatable bonds is 6. The van der Waals surface area contributed by atoms with Crippen LogP contribution in [0.15, 0.2) is 47.6 Å². The molecule has 0 bridgehead atoms. The van der Waals surface area contributed by atoms with Crippen LogP contribution in [0, 0.1) is 0 Å². The molecule has 106 valence electrons. The van der Waals surface area contributed by atoms with Crippen LogP contribution in [-0.2, 0) is 12.3 Å². The molecule has 0 saturated heterocycles. The Labute approximate surface area is 130 Å². The van der Waals surface area contributed by atoms with Gasteiger partial charge in [0.2, 0.25) is 0 Å². The summed E-state index contributed by atoms with van der Waals surface area (Å²) in [4.78, 5) is 4.49. The number of nitrogens with zero attached hydrogens (tertiary/aromatic N) is 1. The fourth-order valence-electron chi connectivity index (χ4n) is 1.66. The third kappa shape index (κ3) is 5.16.